The van der Waals surface area contributed by atoms with Crippen LogP contribution in [0.15, 0.2) is 29.8 Å². The van der Waals surface area contributed by atoms with Crippen molar-refractivity contribution in [3.63, 3.8) is 0 Å². The van der Waals surface area contributed by atoms with Crippen LogP contribution in [0.5, 0.6) is 5.75 Å². The van der Waals surface area contributed by atoms with E-state index in [2.05, 4.69) is 0 Å². The molecular formula is C41H70O19. The van der Waals surface area contributed by atoms with E-state index in [1.54, 1.807) is 45.6 Å². The molecule has 0 bridgehead atoms. The van der Waals surface area contributed by atoms with Crippen molar-refractivity contribution in [1.29, 1.82) is 0 Å². The molecule has 1 rings (SSSR count). The molecule has 0 atom stereocenters. The molecule has 0 aliphatic rings. The Morgan fingerprint density at radius 1 is 0.350 bits per heavy atom. The van der Waals surface area contributed by atoms with E-state index in [0.29, 0.717) is 157 Å². The van der Waals surface area contributed by atoms with Crippen molar-refractivity contribution in [2.24, 2.45) is 0 Å². The van der Waals surface area contributed by atoms with Gasteiger partial charge in [-0.3, -0.25) is 0 Å². The van der Waals surface area contributed by atoms with E-state index in [1.165, 1.54) is 6.08 Å². The smallest absolute Gasteiger partial charge is 0.345 e. The predicted molar refractivity (Wildman–Crippen MR) is 216 cm³/mol. The van der Waals surface area contributed by atoms with Crippen LogP contribution in [-0.4, -0.2) is 218 Å². The summed E-state index contributed by atoms with van der Waals surface area (Å²) in [5, 5.41) is 0. The predicted octanol–water partition coefficient (Wildman–Crippen LogP) is 1.66. The zero-order chi connectivity index (χ0) is 43.2. The SMILES string of the molecule is COCCOCCOCCOCCOCCOCCOCCOC(=O)C(=Cc1ccc(OC)cc1)C(=O)OCCOCCOCCOCCOCCOCCOCCOC. The molecule has 0 N–H and O–H groups in total. The highest BCUT2D eigenvalue weighted by Crippen LogP contribution is 2.15. The zero-order valence-corrected chi connectivity index (χ0v) is 35.9. The number of benzene rings is 1. The second-order valence-corrected chi connectivity index (χ2v) is 11.9. The van der Waals surface area contributed by atoms with Gasteiger partial charge in [0.25, 0.3) is 0 Å². The highest BCUT2D eigenvalue weighted by atomic mass is 16.6. The molecule has 0 aromatic heterocycles. The molecule has 1 aromatic rings. The van der Waals surface area contributed by atoms with Crippen molar-refractivity contribution < 1.29 is 90.1 Å². The second kappa shape index (κ2) is 44.2. The topological polar surface area (TPSA) is 191 Å². The van der Waals surface area contributed by atoms with Crippen LogP contribution in [0, 0.1) is 0 Å². The molecule has 0 heterocycles. The van der Waals surface area contributed by atoms with E-state index >= 15 is 0 Å². The normalized spacial score (nSPS) is 11.2. The number of ether oxygens (including phenoxy) is 17. The fourth-order valence-electron chi connectivity index (χ4n) is 4.30. The van der Waals surface area contributed by atoms with Crippen LogP contribution in [-0.2, 0) is 85.4 Å². The summed E-state index contributed by atoms with van der Waals surface area (Å²) >= 11 is 0. The Bertz CT molecular complexity index is 1060. The van der Waals surface area contributed by atoms with Gasteiger partial charge in [-0.05, 0) is 23.8 Å². The lowest BCUT2D eigenvalue weighted by Gasteiger charge is -2.11. The number of methoxy groups -OCH3 is 3. The lowest BCUT2D eigenvalue weighted by molar-refractivity contribution is -0.148. The molecule has 1 aromatic carbocycles. The first-order chi connectivity index (χ1) is 29.6. The fourth-order valence-corrected chi connectivity index (χ4v) is 4.30. The highest BCUT2D eigenvalue weighted by molar-refractivity contribution is 6.17. The molecule has 60 heavy (non-hydrogen) atoms. The summed E-state index contributed by atoms with van der Waals surface area (Å²) in [4.78, 5) is 25.8. The van der Waals surface area contributed by atoms with Gasteiger partial charge in [-0.2, -0.15) is 0 Å². The number of hydrogen-bond acceptors (Lipinski definition) is 19. The molecule has 0 aliphatic heterocycles. The van der Waals surface area contributed by atoms with E-state index in [-0.39, 0.29) is 45.2 Å². The highest BCUT2D eigenvalue weighted by Gasteiger charge is 2.22. The molecule has 19 heteroatoms. The molecule has 0 fully saturated rings. The van der Waals surface area contributed by atoms with Crippen molar-refractivity contribution in [3.8, 4) is 5.75 Å². The molecule has 348 valence electrons. The van der Waals surface area contributed by atoms with E-state index in [1.807, 2.05) is 0 Å². The summed E-state index contributed by atoms with van der Waals surface area (Å²) < 4.78 is 90.8. The third-order valence-corrected chi connectivity index (χ3v) is 7.37. The van der Waals surface area contributed by atoms with Crippen LogP contribution in [0.25, 0.3) is 6.08 Å². The molecule has 0 saturated heterocycles. The van der Waals surface area contributed by atoms with Gasteiger partial charge < -0.3 is 80.5 Å². The first kappa shape index (κ1) is 55.2. The number of carbonyl (C=O) groups is 2. The van der Waals surface area contributed by atoms with Crippen LogP contribution in [0.4, 0.5) is 0 Å². The molecule has 0 aliphatic carbocycles. The first-order valence-electron chi connectivity index (χ1n) is 20.2. The Morgan fingerprint density at radius 2 is 0.583 bits per heavy atom. The van der Waals surface area contributed by atoms with Gasteiger partial charge in [0.15, 0.2) is 0 Å². The van der Waals surface area contributed by atoms with Gasteiger partial charge in [-0.25, -0.2) is 9.59 Å². The summed E-state index contributed by atoms with van der Waals surface area (Å²) in [6.45, 7) is 10.9. The Labute approximate surface area is 355 Å². The molecule has 0 spiro atoms. The van der Waals surface area contributed by atoms with Crippen molar-refractivity contribution in [2.75, 3.05) is 206 Å². The minimum atomic E-state index is -0.847. The van der Waals surface area contributed by atoms with Gasteiger partial charge in [0.05, 0.1) is 179 Å². The van der Waals surface area contributed by atoms with Crippen LogP contribution in [0.1, 0.15) is 5.56 Å². The van der Waals surface area contributed by atoms with Gasteiger partial charge in [0.2, 0.25) is 0 Å². The van der Waals surface area contributed by atoms with Crippen LogP contribution in [0.2, 0.25) is 0 Å². The molecule has 0 amide bonds. The van der Waals surface area contributed by atoms with Crippen molar-refractivity contribution in [1.82, 2.24) is 0 Å². The average molecular weight is 867 g/mol. The van der Waals surface area contributed by atoms with Crippen molar-refractivity contribution >= 4 is 18.0 Å². The number of carbonyl (C=O) groups excluding carboxylic acids is 2. The molecule has 0 saturated carbocycles. The average Bonchev–Trinajstić information content (AvgIpc) is 3.26. The van der Waals surface area contributed by atoms with Gasteiger partial charge >= 0.3 is 11.9 Å². The molecule has 19 nitrogen and oxygen atoms in total. The summed E-state index contributed by atoms with van der Waals surface area (Å²) in [5.41, 5.74) is 0.306. The number of rotatable bonds is 46. The third-order valence-electron chi connectivity index (χ3n) is 7.37. The van der Waals surface area contributed by atoms with Crippen molar-refractivity contribution in [2.45, 2.75) is 0 Å². The molecule has 0 unspecified atom stereocenters. The van der Waals surface area contributed by atoms with E-state index in [4.69, 9.17) is 80.5 Å². The lowest BCUT2D eigenvalue weighted by atomic mass is 10.1. The zero-order valence-electron chi connectivity index (χ0n) is 35.9. The van der Waals surface area contributed by atoms with Gasteiger partial charge in [0, 0.05) is 14.2 Å². The first-order valence-corrected chi connectivity index (χ1v) is 20.2. The summed E-state index contributed by atoms with van der Waals surface area (Å²) in [5.74, 6) is -1.07. The van der Waals surface area contributed by atoms with E-state index < -0.39 is 11.9 Å². The monoisotopic (exact) mass is 866 g/mol. The maximum atomic E-state index is 12.9. The minimum absolute atomic E-state index is 0.0766. The third kappa shape index (κ3) is 35.9. The number of hydrogen-bond donors (Lipinski definition) is 0. The minimum Gasteiger partial charge on any atom is -0.497 e. The van der Waals surface area contributed by atoms with Gasteiger partial charge in [0.1, 0.15) is 24.5 Å². The van der Waals surface area contributed by atoms with Crippen LogP contribution < -0.4 is 4.74 Å². The van der Waals surface area contributed by atoms with Crippen molar-refractivity contribution in [3.05, 3.63) is 35.4 Å². The number of esters is 2. The largest absolute Gasteiger partial charge is 0.497 e. The standard InChI is InChI=1S/C41H70O19/c1-44-8-10-47-12-14-49-16-18-51-20-22-53-24-26-55-28-30-57-32-34-59-40(42)39(36-37-4-6-38(46-3)7-5-37)41(43)60-35-33-58-31-29-56-27-25-54-23-21-52-19-17-50-15-13-48-11-9-45-2/h4-7,36H,8-35H2,1-3H3. The molecular weight excluding hydrogens is 796 g/mol. The fraction of sp³-hybridized carbons (Fsp3) is 0.756. The summed E-state index contributed by atoms with van der Waals surface area (Å²) in [6, 6.07) is 6.82. The Balaban J connectivity index is 2.11. The maximum absolute atomic E-state index is 12.9. The summed E-state index contributed by atoms with van der Waals surface area (Å²) in [6.07, 6.45) is 1.40. The van der Waals surface area contributed by atoms with Gasteiger partial charge in [-0.1, -0.05) is 12.1 Å². The lowest BCUT2D eigenvalue weighted by Crippen LogP contribution is -2.22. The quantitative estimate of drug-likeness (QED) is 0.0302. The second-order valence-electron chi connectivity index (χ2n) is 11.9. The van der Waals surface area contributed by atoms with Gasteiger partial charge in [-0.15, -0.1) is 0 Å². The maximum Gasteiger partial charge on any atom is 0.345 e. The molecule has 0 radical (unpaired) electrons. The van der Waals surface area contributed by atoms with E-state index in [0.717, 1.165) is 0 Å². The van der Waals surface area contributed by atoms with Crippen LogP contribution in [0.3, 0.4) is 0 Å². The Kier molecular flexibility index (Phi) is 40.6. The van der Waals surface area contributed by atoms with Crippen LogP contribution >= 0.6 is 0 Å². The Hall–Kier alpha value is -2.86. The van der Waals surface area contributed by atoms with E-state index in [9.17, 15) is 9.59 Å². The summed E-state index contributed by atoms with van der Waals surface area (Å²) in [7, 11) is 4.80. The Morgan fingerprint density at radius 3 is 0.817 bits per heavy atom.